The number of anilines is 1. The summed E-state index contributed by atoms with van der Waals surface area (Å²) in [5.74, 6) is 0.647. The van der Waals surface area contributed by atoms with Crippen molar-refractivity contribution in [3.05, 3.63) is 83.3 Å². The van der Waals surface area contributed by atoms with Gasteiger partial charge in [0.2, 0.25) is 0 Å². The van der Waals surface area contributed by atoms with Crippen LogP contribution in [0.1, 0.15) is 52.7 Å². The number of hydrogen-bond donors (Lipinski definition) is 2. The molecule has 1 amide bonds. The molecule has 0 radical (unpaired) electrons. The molecule has 2 bridgehead atoms. The Balaban J connectivity index is 1.22. The summed E-state index contributed by atoms with van der Waals surface area (Å²) in [7, 11) is 0. The van der Waals surface area contributed by atoms with E-state index in [2.05, 4.69) is 60.8 Å². The lowest BCUT2D eigenvalue weighted by Crippen LogP contribution is -2.51. The molecule has 2 saturated heterocycles. The summed E-state index contributed by atoms with van der Waals surface area (Å²) in [5, 5.41) is 8.20. The van der Waals surface area contributed by atoms with E-state index in [0.717, 1.165) is 70.3 Å². The van der Waals surface area contributed by atoms with E-state index < -0.39 is 5.54 Å². The monoisotopic (exact) mass is 504 g/mol. The first-order valence-corrected chi connectivity index (χ1v) is 13.6. The summed E-state index contributed by atoms with van der Waals surface area (Å²) in [5.41, 5.74) is 6.36. The van der Waals surface area contributed by atoms with Gasteiger partial charge in [-0.25, -0.2) is 9.97 Å². The Morgan fingerprint density at radius 2 is 1.76 bits per heavy atom. The third-order valence-corrected chi connectivity index (χ3v) is 8.43. The zero-order valence-corrected chi connectivity index (χ0v) is 21.9. The van der Waals surface area contributed by atoms with Crippen LogP contribution >= 0.6 is 0 Å². The van der Waals surface area contributed by atoms with Gasteiger partial charge in [0.1, 0.15) is 0 Å². The number of nitrogens with one attached hydrogen (secondary N) is 2. The van der Waals surface area contributed by atoms with Crippen molar-refractivity contribution in [2.75, 3.05) is 18.0 Å². The number of hydrogen-bond acceptors (Lipinski definition) is 6. The molecule has 3 aliphatic rings. The fraction of sp³-hybridized carbons (Fsp3) is 0.355. The van der Waals surface area contributed by atoms with E-state index in [9.17, 15) is 4.79 Å². The van der Waals surface area contributed by atoms with Crippen LogP contribution in [0.5, 0.6) is 0 Å². The SMILES string of the molecule is Cc1cnc(-c2cc(C3(NC(=O)c4cc(N5CC6CCC(C5)N6)ccc4C)CC3)c3cccnc3c2)nc1. The first-order chi connectivity index (χ1) is 18.5. The highest BCUT2D eigenvalue weighted by Gasteiger charge is 2.47. The van der Waals surface area contributed by atoms with E-state index in [1.165, 1.54) is 12.8 Å². The van der Waals surface area contributed by atoms with E-state index in [-0.39, 0.29) is 5.91 Å². The van der Waals surface area contributed by atoms with Gasteiger partial charge in [-0.15, -0.1) is 0 Å². The number of carbonyl (C=O) groups is 1. The molecule has 2 N–H and O–H groups in total. The highest BCUT2D eigenvalue weighted by molar-refractivity contribution is 5.98. The third-order valence-electron chi connectivity index (χ3n) is 8.43. The number of rotatable bonds is 5. The smallest absolute Gasteiger partial charge is 0.252 e. The van der Waals surface area contributed by atoms with Crippen molar-refractivity contribution in [3.63, 3.8) is 0 Å². The number of aryl methyl sites for hydroxylation is 2. The van der Waals surface area contributed by atoms with Crippen molar-refractivity contribution in [2.24, 2.45) is 0 Å². The zero-order valence-electron chi connectivity index (χ0n) is 21.9. The van der Waals surface area contributed by atoms with Gasteiger partial charge in [-0.3, -0.25) is 9.78 Å². The number of amides is 1. The predicted octanol–water partition coefficient (Wildman–Crippen LogP) is 4.67. The maximum absolute atomic E-state index is 13.8. The fourth-order valence-corrected chi connectivity index (χ4v) is 6.18. The molecule has 3 fully saturated rings. The van der Waals surface area contributed by atoms with Gasteiger partial charge in [0.25, 0.3) is 5.91 Å². The molecule has 1 aliphatic carbocycles. The van der Waals surface area contributed by atoms with E-state index in [4.69, 9.17) is 0 Å². The Kier molecular flexibility index (Phi) is 5.44. The number of nitrogens with zero attached hydrogens (tertiary/aromatic N) is 4. The molecular formula is C31H32N6O. The van der Waals surface area contributed by atoms with Gasteiger partial charge < -0.3 is 15.5 Å². The predicted molar refractivity (Wildman–Crippen MR) is 149 cm³/mol. The quantitative estimate of drug-likeness (QED) is 0.411. The van der Waals surface area contributed by atoms with Crippen LogP contribution in [-0.4, -0.2) is 46.0 Å². The van der Waals surface area contributed by atoms with Gasteiger partial charge in [0.05, 0.1) is 11.1 Å². The second kappa shape index (κ2) is 8.88. The molecule has 38 heavy (non-hydrogen) atoms. The summed E-state index contributed by atoms with van der Waals surface area (Å²) in [6, 6.07) is 15.7. The van der Waals surface area contributed by atoms with Crippen LogP contribution in [0.25, 0.3) is 22.3 Å². The number of benzene rings is 2. The Morgan fingerprint density at radius 1 is 1.00 bits per heavy atom. The topological polar surface area (TPSA) is 83.0 Å². The van der Waals surface area contributed by atoms with E-state index in [1.807, 2.05) is 38.4 Å². The molecule has 2 unspecified atom stereocenters. The molecule has 2 atom stereocenters. The van der Waals surface area contributed by atoms with E-state index in [1.54, 1.807) is 6.20 Å². The first-order valence-electron chi connectivity index (χ1n) is 13.6. The number of pyridine rings is 1. The Labute approximate surface area is 222 Å². The van der Waals surface area contributed by atoms with E-state index in [0.29, 0.717) is 17.9 Å². The largest absolute Gasteiger partial charge is 0.368 e. The zero-order chi connectivity index (χ0) is 25.9. The molecule has 192 valence electrons. The lowest BCUT2D eigenvalue weighted by Gasteiger charge is -2.35. The highest BCUT2D eigenvalue weighted by Crippen LogP contribution is 2.49. The second-order valence-corrected chi connectivity index (χ2v) is 11.3. The molecule has 7 nitrogen and oxygen atoms in total. The van der Waals surface area contributed by atoms with Gasteiger partial charge in [-0.1, -0.05) is 12.1 Å². The number of piperazine rings is 1. The molecule has 7 rings (SSSR count). The van der Waals surface area contributed by atoms with Gasteiger partial charge >= 0.3 is 0 Å². The minimum absolute atomic E-state index is 0.0195. The van der Waals surface area contributed by atoms with Crippen molar-refractivity contribution in [3.8, 4) is 11.4 Å². The van der Waals surface area contributed by atoms with Crippen LogP contribution < -0.4 is 15.5 Å². The highest BCUT2D eigenvalue weighted by atomic mass is 16.1. The molecule has 4 heterocycles. The minimum atomic E-state index is -0.421. The molecule has 4 aromatic rings. The minimum Gasteiger partial charge on any atom is -0.368 e. The summed E-state index contributed by atoms with van der Waals surface area (Å²) in [6.07, 6.45) is 9.72. The van der Waals surface area contributed by atoms with Crippen LogP contribution in [-0.2, 0) is 5.54 Å². The first kappa shape index (κ1) is 23.3. The second-order valence-electron chi connectivity index (χ2n) is 11.3. The maximum Gasteiger partial charge on any atom is 0.252 e. The van der Waals surface area contributed by atoms with E-state index >= 15 is 0 Å². The fourth-order valence-electron chi connectivity index (χ4n) is 6.18. The van der Waals surface area contributed by atoms with Crippen molar-refractivity contribution in [1.82, 2.24) is 25.6 Å². The van der Waals surface area contributed by atoms with Gasteiger partial charge in [0.15, 0.2) is 5.82 Å². The Morgan fingerprint density at radius 3 is 2.50 bits per heavy atom. The van der Waals surface area contributed by atoms with Crippen LogP contribution in [0, 0.1) is 13.8 Å². The van der Waals surface area contributed by atoms with Crippen molar-refractivity contribution >= 4 is 22.5 Å². The summed E-state index contributed by atoms with van der Waals surface area (Å²) in [6.45, 7) is 6.00. The van der Waals surface area contributed by atoms with Gasteiger partial charge in [-0.05, 0) is 86.6 Å². The van der Waals surface area contributed by atoms with Crippen molar-refractivity contribution in [1.29, 1.82) is 0 Å². The van der Waals surface area contributed by atoms with Crippen molar-refractivity contribution < 1.29 is 4.79 Å². The standard InChI is InChI=1S/C31H32N6O/c1-19-15-33-29(34-16-19)21-12-27(25-4-3-11-32-28(25)13-21)31(9-10-31)36-30(38)26-14-24(8-5-20(26)2)37-17-22-6-7-23(18-37)35-22/h3-5,8,11-16,22-23,35H,6-7,9-10,17-18H2,1-2H3,(H,36,38). The van der Waals surface area contributed by atoms with Crippen LogP contribution in [0.15, 0.2) is 61.1 Å². The third kappa shape index (κ3) is 4.11. The summed E-state index contributed by atoms with van der Waals surface area (Å²) in [4.78, 5) is 30.0. The lowest BCUT2D eigenvalue weighted by atomic mass is 9.95. The molecule has 7 heteroatoms. The van der Waals surface area contributed by atoms with Crippen LogP contribution in [0.2, 0.25) is 0 Å². The normalized spacial score (nSPS) is 21.5. The number of aromatic nitrogens is 3. The Hall–Kier alpha value is -3.84. The average Bonchev–Trinajstić information content (AvgIpc) is 3.64. The molecule has 2 aromatic carbocycles. The molecular weight excluding hydrogens is 472 g/mol. The maximum atomic E-state index is 13.8. The average molecular weight is 505 g/mol. The lowest BCUT2D eigenvalue weighted by molar-refractivity contribution is 0.0930. The molecule has 2 aromatic heterocycles. The molecule has 2 aliphatic heterocycles. The molecule has 0 spiro atoms. The Bertz CT molecular complexity index is 1530. The summed E-state index contributed by atoms with van der Waals surface area (Å²) >= 11 is 0. The summed E-state index contributed by atoms with van der Waals surface area (Å²) < 4.78 is 0. The van der Waals surface area contributed by atoms with Gasteiger partial charge in [0, 0.05) is 66.0 Å². The number of carbonyl (C=O) groups excluding carboxylic acids is 1. The van der Waals surface area contributed by atoms with Gasteiger partial charge in [-0.2, -0.15) is 0 Å². The molecule has 1 saturated carbocycles. The van der Waals surface area contributed by atoms with Crippen LogP contribution in [0.4, 0.5) is 5.69 Å². The van der Waals surface area contributed by atoms with Crippen molar-refractivity contribution in [2.45, 2.75) is 57.2 Å². The number of fused-ring (bicyclic) bond motifs is 3. The van der Waals surface area contributed by atoms with Crippen LogP contribution in [0.3, 0.4) is 0 Å².